The minimum Gasteiger partial charge on any atom is -0.143 e. The summed E-state index contributed by atoms with van der Waals surface area (Å²) in [6, 6.07) is 0. The summed E-state index contributed by atoms with van der Waals surface area (Å²) in [5.41, 5.74) is 0. The van der Waals surface area contributed by atoms with Crippen molar-refractivity contribution in [2.24, 2.45) is 0 Å². The van der Waals surface area contributed by atoms with Crippen molar-refractivity contribution in [1.29, 1.82) is 0 Å². The third kappa shape index (κ3) is 3.31. The van der Waals surface area contributed by atoms with Gasteiger partial charge in [0.2, 0.25) is 0 Å². The summed E-state index contributed by atoms with van der Waals surface area (Å²) in [4.78, 5) is 0. The molecule has 0 amide bonds. The number of hydrogen-bond donors (Lipinski definition) is 0. The van der Waals surface area contributed by atoms with E-state index in [0.717, 1.165) is 25.4 Å². The van der Waals surface area contributed by atoms with Crippen LogP contribution >= 0.6 is 8.03 Å². The zero-order chi connectivity index (χ0) is 8.10. The Balaban J connectivity index is 2.13. The molecule has 0 radical (unpaired) electrons. The van der Waals surface area contributed by atoms with Crippen LogP contribution in [0.2, 0.25) is 0 Å². The second kappa shape index (κ2) is 4.84. The molecule has 1 aliphatic rings. The lowest BCUT2D eigenvalue weighted by atomic mass is 10.3. The molecule has 0 N–H and O–H groups in total. The molecular formula is C8H16O2P+. The fourth-order valence-corrected chi connectivity index (χ4v) is 2.41. The molecule has 1 aliphatic carbocycles. The summed E-state index contributed by atoms with van der Waals surface area (Å²) in [5, 5.41) is 0. The van der Waals surface area contributed by atoms with Crippen LogP contribution in [0.5, 0.6) is 0 Å². The van der Waals surface area contributed by atoms with Crippen LogP contribution in [0.4, 0.5) is 0 Å². The van der Waals surface area contributed by atoms with Crippen LogP contribution in [-0.2, 0) is 9.09 Å². The highest BCUT2D eigenvalue weighted by Crippen LogP contribution is 2.32. The molecule has 0 spiro atoms. The van der Waals surface area contributed by atoms with E-state index in [1.54, 1.807) is 0 Å². The molecule has 11 heavy (non-hydrogen) atoms. The van der Waals surface area contributed by atoms with Crippen LogP contribution in [0.25, 0.3) is 0 Å². The van der Waals surface area contributed by atoms with Crippen molar-refractivity contribution in [2.45, 2.75) is 45.1 Å². The van der Waals surface area contributed by atoms with Gasteiger partial charge in [0.05, 0.1) is 0 Å². The molecular weight excluding hydrogens is 159 g/mol. The Morgan fingerprint density at radius 1 is 1.45 bits per heavy atom. The van der Waals surface area contributed by atoms with Crippen LogP contribution in [0, 0.1) is 0 Å². The van der Waals surface area contributed by atoms with Crippen molar-refractivity contribution in [3.8, 4) is 0 Å². The smallest absolute Gasteiger partial charge is 0.143 e. The first-order chi connectivity index (χ1) is 5.33. The maximum atomic E-state index is 11.1. The van der Waals surface area contributed by atoms with E-state index in [-0.39, 0.29) is 0 Å². The number of rotatable bonds is 4. The first-order valence-electron chi connectivity index (χ1n) is 4.44. The van der Waals surface area contributed by atoms with Gasteiger partial charge in [-0.3, -0.25) is 0 Å². The van der Waals surface area contributed by atoms with Gasteiger partial charge in [0.25, 0.3) is 0 Å². The Hall–Kier alpha value is 0.0600. The fraction of sp³-hybridized carbons (Fsp3) is 1.00. The van der Waals surface area contributed by atoms with Crippen molar-refractivity contribution in [2.75, 3.05) is 6.16 Å². The van der Waals surface area contributed by atoms with Crippen molar-refractivity contribution >= 4 is 8.03 Å². The molecule has 0 aromatic rings. The van der Waals surface area contributed by atoms with Gasteiger partial charge in [-0.05, 0) is 23.8 Å². The lowest BCUT2D eigenvalue weighted by Crippen LogP contribution is -2.01. The molecule has 0 aliphatic heterocycles. The molecule has 1 fully saturated rings. The van der Waals surface area contributed by atoms with Gasteiger partial charge >= 0.3 is 8.03 Å². The van der Waals surface area contributed by atoms with E-state index in [0.29, 0.717) is 6.10 Å². The summed E-state index contributed by atoms with van der Waals surface area (Å²) in [7, 11) is -1.34. The molecule has 0 saturated heterocycles. The van der Waals surface area contributed by atoms with Crippen molar-refractivity contribution < 1.29 is 9.09 Å². The molecule has 0 bridgehead atoms. The Kier molecular flexibility index (Phi) is 4.03. The molecule has 0 aromatic heterocycles. The minimum atomic E-state index is -1.34. The van der Waals surface area contributed by atoms with Gasteiger partial charge in [0.15, 0.2) is 6.16 Å². The predicted octanol–water partition coefficient (Wildman–Crippen LogP) is 3.10. The quantitative estimate of drug-likeness (QED) is 0.613. The van der Waals surface area contributed by atoms with E-state index >= 15 is 0 Å². The van der Waals surface area contributed by atoms with Crippen molar-refractivity contribution in [3.05, 3.63) is 0 Å². The summed E-state index contributed by atoms with van der Waals surface area (Å²) in [6.45, 7) is 2.03. The molecule has 3 heteroatoms. The second-order valence-electron chi connectivity index (χ2n) is 3.07. The van der Waals surface area contributed by atoms with Crippen LogP contribution in [0.15, 0.2) is 0 Å². The highest BCUT2D eigenvalue weighted by Gasteiger charge is 2.26. The van der Waals surface area contributed by atoms with Crippen molar-refractivity contribution in [3.63, 3.8) is 0 Å². The topological polar surface area (TPSA) is 26.3 Å². The monoisotopic (exact) mass is 175 g/mol. The standard InChI is InChI=1S/C8H16O2P/c1-2-7-11(9)10-8-5-3-4-6-8/h8H,2-7H2,1H3/q+1. The molecule has 1 atom stereocenters. The molecule has 64 valence electrons. The van der Waals surface area contributed by atoms with E-state index in [9.17, 15) is 4.57 Å². The molecule has 0 aromatic carbocycles. The first kappa shape index (κ1) is 9.15. The molecule has 0 heterocycles. The SMILES string of the molecule is CCC[P+](=O)OC1CCCC1. The maximum Gasteiger partial charge on any atom is 0.508 e. The second-order valence-corrected chi connectivity index (χ2v) is 4.39. The third-order valence-corrected chi connectivity index (χ3v) is 3.32. The zero-order valence-corrected chi connectivity index (χ0v) is 7.98. The fourth-order valence-electron chi connectivity index (χ4n) is 1.40. The van der Waals surface area contributed by atoms with Gasteiger partial charge in [0, 0.05) is 0 Å². The Morgan fingerprint density at radius 3 is 2.64 bits per heavy atom. The average molecular weight is 175 g/mol. The zero-order valence-electron chi connectivity index (χ0n) is 7.08. The van der Waals surface area contributed by atoms with Crippen LogP contribution < -0.4 is 0 Å². The normalized spacial score (nSPS) is 20.6. The largest absolute Gasteiger partial charge is 0.508 e. The summed E-state index contributed by atoms with van der Waals surface area (Å²) in [6.07, 6.45) is 6.73. The van der Waals surface area contributed by atoms with E-state index < -0.39 is 8.03 Å². The molecule has 1 unspecified atom stereocenters. The lowest BCUT2D eigenvalue weighted by molar-refractivity contribution is 0.223. The van der Waals surface area contributed by atoms with Crippen LogP contribution in [0.3, 0.4) is 0 Å². The lowest BCUT2D eigenvalue weighted by Gasteiger charge is -1.97. The maximum absolute atomic E-state index is 11.1. The van der Waals surface area contributed by atoms with Crippen LogP contribution in [0.1, 0.15) is 39.0 Å². The van der Waals surface area contributed by atoms with Gasteiger partial charge in [-0.1, -0.05) is 19.8 Å². The highest BCUT2D eigenvalue weighted by atomic mass is 31.1. The average Bonchev–Trinajstić information content (AvgIpc) is 2.40. The van der Waals surface area contributed by atoms with Crippen LogP contribution in [-0.4, -0.2) is 12.3 Å². The van der Waals surface area contributed by atoms with Gasteiger partial charge in [-0.25, -0.2) is 0 Å². The van der Waals surface area contributed by atoms with E-state index in [1.807, 2.05) is 6.92 Å². The van der Waals surface area contributed by atoms with Gasteiger partial charge < -0.3 is 0 Å². The van der Waals surface area contributed by atoms with Crippen molar-refractivity contribution in [1.82, 2.24) is 0 Å². The first-order valence-corrected chi connectivity index (χ1v) is 5.80. The highest BCUT2D eigenvalue weighted by molar-refractivity contribution is 7.39. The van der Waals surface area contributed by atoms with Gasteiger partial charge in [0.1, 0.15) is 6.10 Å². The molecule has 2 nitrogen and oxygen atoms in total. The van der Waals surface area contributed by atoms with E-state index in [4.69, 9.17) is 4.52 Å². The summed E-state index contributed by atoms with van der Waals surface area (Å²) >= 11 is 0. The third-order valence-electron chi connectivity index (χ3n) is 1.98. The Bertz CT molecular complexity index is 130. The predicted molar refractivity (Wildman–Crippen MR) is 46.1 cm³/mol. The summed E-state index contributed by atoms with van der Waals surface area (Å²) in [5.74, 6) is 0. The minimum absolute atomic E-state index is 0.310. The van der Waals surface area contributed by atoms with E-state index in [1.165, 1.54) is 12.8 Å². The summed E-state index contributed by atoms with van der Waals surface area (Å²) < 4.78 is 16.5. The Morgan fingerprint density at radius 2 is 2.09 bits per heavy atom. The number of hydrogen-bond acceptors (Lipinski definition) is 2. The van der Waals surface area contributed by atoms with E-state index in [2.05, 4.69) is 0 Å². The Labute approximate surface area is 69.2 Å². The molecule has 1 saturated carbocycles. The molecule has 1 rings (SSSR count). The van der Waals surface area contributed by atoms with Gasteiger partial charge in [-0.15, -0.1) is 4.52 Å². The van der Waals surface area contributed by atoms with Gasteiger partial charge in [-0.2, -0.15) is 0 Å².